The summed E-state index contributed by atoms with van der Waals surface area (Å²) >= 11 is 0. The number of hydrogen-bond donors (Lipinski definition) is 3. The number of likely N-dealkylation sites (tertiary alicyclic amines) is 1. The summed E-state index contributed by atoms with van der Waals surface area (Å²) in [6.07, 6.45) is 4.24. The number of hydrogen-bond acceptors (Lipinski definition) is 7. The van der Waals surface area contributed by atoms with Gasteiger partial charge in [0.1, 0.15) is 0 Å². The number of aromatic nitrogens is 3. The molecule has 220 valence electrons. The van der Waals surface area contributed by atoms with Crippen LogP contribution in [-0.4, -0.2) is 84.9 Å². The number of carboxylic acid groups (broad SMARTS) is 2. The van der Waals surface area contributed by atoms with E-state index in [1.54, 1.807) is 15.8 Å². The maximum absolute atomic E-state index is 12.9. The highest BCUT2D eigenvalue weighted by molar-refractivity contribution is 7.52. The van der Waals surface area contributed by atoms with Gasteiger partial charge in [-0.3, -0.25) is 23.3 Å². The summed E-state index contributed by atoms with van der Waals surface area (Å²) < 4.78 is 31.7. The molecule has 12 nitrogen and oxygen atoms in total. The molecule has 2 aromatic rings. The number of carboxylic acids is 2. The van der Waals surface area contributed by atoms with Gasteiger partial charge in [0.2, 0.25) is 5.91 Å². The second-order valence-electron chi connectivity index (χ2n) is 9.93. The third-order valence-corrected chi connectivity index (χ3v) is 8.29. The van der Waals surface area contributed by atoms with E-state index in [9.17, 15) is 33.3 Å². The normalized spacial score (nSPS) is 17.4. The minimum atomic E-state index is -4.30. The molecule has 0 aliphatic carbocycles. The third kappa shape index (κ3) is 9.79. The summed E-state index contributed by atoms with van der Waals surface area (Å²) in [5.74, 6) is -3.94. The smallest absolute Gasteiger partial charge is 0.329 e. The van der Waals surface area contributed by atoms with E-state index in [0.717, 1.165) is 23.4 Å². The largest absolute Gasteiger partial charge is 0.481 e. The van der Waals surface area contributed by atoms with E-state index in [4.69, 9.17) is 9.63 Å². The van der Waals surface area contributed by atoms with Crippen molar-refractivity contribution in [2.45, 2.75) is 63.8 Å². The molecule has 1 amide bonds. The van der Waals surface area contributed by atoms with Gasteiger partial charge in [-0.05, 0) is 62.6 Å². The summed E-state index contributed by atoms with van der Waals surface area (Å²) in [6.45, 7) is -0.0730. The van der Waals surface area contributed by atoms with Crippen LogP contribution in [-0.2, 0) is 36.3 Å². The van der Waals surface area contributed by atoms with Gasteiger partial charge >= 0.3 is 19.5 Å². The number of benzene rings is 1. The van der Waals surface area contributed by atoms with Crippen LogP contribution in [0.15, 0.2) is 30.5 Å². The number of alkyl halides is 1. The van der Waals surface area contributed by atoms with Gasteiger partial charge in [0.25, 0.3) is 0 Å². The average Bonchev–Trinajstić information content (AvgIpc) is 3.59. The summed E-state index contributed by atoms with van der Waals surface area (Å²) in [4.78, 5) is 46.8. The minimum Gasteiger partial charge on any atom is -0.481 e. The van der Waals surface area contributed by atoms with E-state index < -0.39 is 44.7 Å². The molecule has 0 saturated carbocycles. The van der Waals surface area contributed by atoms with Gasteiger partial charge in [0, 0.05) is 19.4 Å². The highest BCUT2D eigenvalue weighted by Crippen LogP contribution is 2.45. The second-order valence-corrected chi connectivity index (χ2v) is 11.8. The molecule has 1 aliphatic heterocycles. The third-order valence-electron chi connectivity index (χ3n) is 6.84. The summed E-state index contributed by atoms with van der Waals surface area (Å²) in [7, 11) is -4.30. The van der Waals surface area contributed by atoms with Gasteiger partial charge in [0.05, 0.1) is 49.0 Å². The van der Waals surface area contributed by atoms with Crippen molar-refractivity contribution in [2.24, 2.45) is 5.92 Å². The Morgan fingerprint density at radius 3 is 2.55 bits per heavy atom. The van der Waals surface area contributed by atoms with E-state index in [2.05, 4.69) is 10.3 Å². The lowest BCUT2D eigenvalue weighted by Crippen LogP contribution is -2.38. The van der Waals surface area contributed by atoms with Gasteiger partial charge in [0.15, 0.2) is 0 Å². The minimum absolute atomic E-state index is 0.0798. The quantitative estimate of drug-likeness (QED) is 0.235. The van der Waals surface area contributed by atoms with Gasteiger partial charge in [-0.25, -0.2) is 4.68 Å². The van der Waals surface area contributed by atoms with Crippen molar-refractivity contribution in [3.05, 3.63) is 41.7 Å². The Hall–Kier alpha value is -3.15. The van der Waals surface area contributed by atoms with Crippen molar-refractivity contribution >= 4 is 25.4 Å². The Balaban J connectivity index is 1.44. The molecular formula is C26H36FN4O8P. The molecule has 1 aliphatic rings. The van der Waals surface area contributed by atoms with Crippen LogP contribution < -0.4 is 0 Å². The molecule has 3 unspecified atom stereocenters. The molecule has 1 aromatic carbocycles. The molecule has 40 heavy (non-hydrogen) atoms. The van der Waals surface area contributed by atoms with Crippen LogP contribution in [0.1, 0.15) is 56.2 Å². The molecule has 2 heterocycles. The molecule has 1 aromatic heterocycles. The first-order valence-electron chi connectivity index (χ1n) is 13.3. The van der Waals surface area contributed by atoms with Gasteiger partial charge in [-0.15, -0.1) is 5.10 Å². The number of nitrogens with zero attached hydrogens (tertiary/aromatic N) is 4. The number of amides is 1. The molecule has 0 radical (unpaired) electrons. The van der Waals surface area contributed by atoms with E-state index in [1.807, 2.05) is 24.3 Å². The summed E-state index contributed by atoms with van der Waals surface area (Å²) in [5.41, 5.74) is 2.61. The zero-order chi connectivity index (χ0) is 29.1. The number of carbonyl (C=O) groups is 3. The second kappa shape index (κ2) is 15.0. The first-order chi connectivity index (χ1) is 19.1. The molecule has 1 fully saturated rings. The zero-order valence-corrected chi connectivity index (χ0v) is 23.1. The van der Waals surface area contributed by atoms with Gasteiger partial charge in [-0.1, -0.05) is 17.3 Å². The summed E-state index contributed by atoms with van der Waals surface area (Å²) in [5, 5.41) is 26.1. The van der Waals surface area contributed by atoms with Crippen LogP contribution >= 0.6 is 7.60 Å². The monoisotopic (exact) mass is 582 g/mol. The lowest BCUT2D eigenvalue weighted by Gasteiger charge is -2.26. The predicted molar refractivity (Wildman–Crippen MR) is 142 cm³/mol. The first kappa shape index (κ1) is 31.4. The first-order valence-corrected chi connectivity index (χ1v) is 15.1. The lowest BCUT2D eigenvalue weighted by atomic mass is 10.1. The number of carbonyl (C=O) groups excluding carboxylic acids is 1. The molecule has 0 bridgehead atoms. The van der Waals surface area contributed by atoms with E-state index in [0.29, 0.717) is 45.1 Å². The zero-order valence-electron chi connectivity index (χ0n) is 22.2. The standard InChI is InChI=1S/C26H36FN4O8P/c27-14-2-5-21-16-31(29-28-21)22-11-8-19(9-12-22)4-1-7-24(32)30-15-3-6-23(30)17-39-40(37,38)18-20(26(35)36)10-13-25(33)34/h8-9,11-12,16,20,23H,1-7,10,13-15,17-18H2,(H,33,34)(H,35,36)(H,37,38). The summed E-state index contributed by atoms with van der Waals surface area (Å²) in [6, 6.07) is 7.33. The van der Waals surface area contributed by atoms with Crippen molar-refractivity contribution in [1.82, 2.24) is 19.9 Å². The van der Waals surface area contributed by atoms with Crippen molar-refractivity contribution in [3.8, 4) is 5.69 Å². The highest BCUT2D eigenvalue weighted by atomic mass is 31.2. The predicted octanol–water partition coefficient (Wildman–Crippen LogP) is 3.25. The van der Waals surface area contributed by atoms with Crippen molar-refractivity contribution in [1.29, 1.82) is 0 Å². The van der Waals surface area contributed by atoms with Gasteiger partial charge < -0.3 is 24.5 Å². The van der Waals surface area contributed by atoms with Crippen LogP contribution in [0.4, 0.5) is 4.39 Å². The SMILES string of the molecule is O=C(O)CCC(CP(=O)(O)OCC1CCCN1C(=O)CCCc1ccc(-n2cc(CCCF)nn2)cc1)C(=O)O. The Morgan fingerprint density at radius 2 is 1.88 bits per heavy atom. The topological polar surface area (TPSA) is 172 Å². The van der Waals surface area contributed by atoms with Crippen LogP contribution in [0.2, 0.25) is 0 Å². The number of aliphatic carboxylic acids is 2. The molecule has 3 rings (SSSR count). The maximum atomic E-state index is 12.9. The Kier molecular flexibility index (Phi) is 11.8. The molecule has 1 saturated heterocycles. The van der Waals surface area contributed by atoms with E-state index in [-0.39, 0.29) is 25.0 Å². The van der Waals surface area contributed by atoms with E-state index in [1.165, 1.54) is 0 Å². The van der Waals surface area contributed by atoms with Crippen LogP contribution in [0.3, 0.4) is 0 Å². The van der Waals surface area contributed by atoms with Crippen LogP contribution in [0.5, 0.6) is 0 Å². The average molecular weight is 583 g/mol. The molecule has 14 heteroatoms. The number of halogens is 1. The lowest BCUT2D eigenvalue weighted by molar-refractivity contribution is -0.142. The molecular weight excluding hydrogens is 546 g/mol. The molecule has 3 atom stereocenters. The van der Waals surface area contributed by atoms with E-state index >= 15 is 0 Å². The molecule has 3 N–H and O–H groups in total. The fourth-order valence-corrected chi connectivity index (χ4v) is 6.06. The number of rotatable bonds is 17. The van der Waals surface area contributed by atoms with Crippen LogP contribution in [0, 0.1) is 5.92 Å². The van der Waals surface area contributed by atoms with Crippen molar-refractivity contribution in [2.75, 3.05) is 26.0 Å². The van der Waals surface area contributed by atoms with Crippen molar-refractivity contribution < 1.29 is 43.0 Å². The fraction of sp³-hybridized carbons (Fsp3) is 0.577. The fourth-order valence-electron chi connectivity index (χ4n) is 4.65. The highest BCUT2D eigenvalue weighted by Gasteiger charge is 2.34. The van der Waals surface area contributed by atoms with Gasteiger partial charge in [-0.2, -0.15) is 0 Å². The Bertz CT molecular complexity index is 1190. The molecule has 0 spiro atoms. The number of aryl methyl sites for hydroxylation is 2. The van der Waals surface area contributed by atoms with Crippen LogP contribution in [0.25, 0.3) is 5.69 Å². The van der Waals surface area contributed by atoms with Crippen molar-refractivity contribution in [3.63, 3.8) is 0 Å². The Labute approximate surface area is 231 Å². The maximum Gasteiger partial charge on any atom is 0.329 e. The Morgan fingerprint density at radius 1 is 1.12 bits per heavy atom.